The Morgan fingerprint density at radius 1 is 1.25 bits per heavy atom. The van der Waals surface area contributed by atoms with Gasteiger partial charge in [-0.15, -0.1) is 0 Å². The van der Waals surface area contributed by atoms with Crippen LogP contribution in [0, 0.1) is 11.3 Å². The Morgan fingerprint density at radius 2 is 1.96 bits per heavy atom. The first kappa shape index (κ1) is 17.0. The smallest absolute Gasteiger partial charge is 0.235 e. The van der Waals surface area contributed by atoms with E-state index in [1.54, 1.807) is 7.05 Å². The number of benzene rings is 1. The Kier molecular flexibility index (Phi) is 4.90. The summed E-state index contributed by atoms with van der Waals surface area (Å²) in [5, 5.41) is 5.72. The van der Waals surface area contributed by atoms with Crippen molar-refractivity contribution in [2.24, 2.45) is 11.3 Å². The van der Waals surface area contributed by atoms with E-state index in [0.29, 0.717) is 18.8 Å². The van der Waals surface area contributed by atoms with Crippen molar-refractivity contribution in [1.29, 1.82) is 0 Å². The zero-order valence-corrected chi connectivity index (χ0v) is 14.5. The third-order valence-corrected chi connectivity index (χ3v) is 5.47. The molecule has 2 N–H and O–H groups in total. The van der Waals surface area contributed by atoms with Crippen LogP contribution in [0.3, 0.4) is 0 Å². The topological polar surface area (TPSA) is 61.4 Å². The summed E-state index contributed by atoms with van der Waals surface area (Å²) in [6, 6.07) is 10.6. The van der Waals surface area contributed by atoms with E-state index in [2.05, 4.69) is 46.7 Å². The Bertz CT molecular complexity index is 598. The number of carbonyl (C=O) groups is 2. The number of carbonyl (C=O) groups excluding carboxylic acids is 2. The lowest BCUT2D eigenvalue weighted by molar-refractivity contribution is -0.137. The van der Waals surface area contributed by atoms with Gasteiger partial charge in [-0.25, -0.2) is 0 Å². The van der Waals surface area contributed by atoms with Crippen molar-refractivity contribution >= 4 is 11.8 Å². The van der Waals surface area contributed by atoms with Crippen molar-refractivity contribution in [3.63, 3.8) is 0 Å². The van der Waals surface area contributed by atoms with Gasteiger partial charge >= 0.3 is 0 Å². The Balaban J connectivity index is 1.51. The van der Waals surface area contributed by atoms with Crippen LogP contribution in [-0.2, 0) is 16.1 Å². The van der Waals surface area contributed by atoms with Gasteiger partial charge in [-0.1, -0.05) is 30.3 Å². The highest BCUT2D eigenvalue weighted by Gasteiger charge is 2.56. The maximum atomic E-state index is 12.5. The highest BCUT2D eigenvalue weighted by molar-refractivity contribution is 6.07. The molecule has 2 aliphatic rings. The molecule has 2 atom stereocenters. The summed E-state index contributed by atoms with van der Waals surface area (Å²) < 4.78 is 0. The van der Waals surface area contributed by atoms with Gasteiger partial charge in [0.05, 0.1) is 0 Å². The molecule has 2 unspecified atom stereocenters. The molecule has 0 bridgehead atoms. The number of rotatable bonds is 6. The number of likely N-dealkylation sites (tertiary alicyclic amines) is 1. The summed E-state index contributed by atoms with van der Waals surface area (Å²) >= 11 is 0. The fourth-order valence-corrected chi connectivity index (χ4v) is 3.64. The molecule has 2 amide bonds. The van der Waals surface area contributed by atoms with E-state index >= 15 is 0 Å². The number of nitrogens with zero attached hydrogens (tertiary/aromatic N) is 1. The van der Waals surface area contributed by atoms with Gasteiger partial charge in [-0.2, -0.15) is 0 Å². The molecule has 0 aromatic heterocycles. The van der Waals surface area contributed by atoms with Crippen LogP contribution in [0.15, 0.2) is 30.3 Å². The maximum absolute atomic E-state index is 12.5. The molecule has 1 aromatic carbocycles. The summed E-state index contributed by atoms with van der Waals surface area (Å²) in [6.45, 7) is 5.07. The quantitative estimate of drug-likeness (QED) is 0.778. The molecule has 1 heterocycles. The van der Waals surface area contributed by atoms with E-state index in [1.807, 2.05) is 6.07 Å². The van der Waals surface area contributed by atoms with E-state index in [0.717, 1.165) is 26.1 Å². The van der Waals surface area contributed by atoms with E-state index in [9.17, 15) is 9.59 Å². The lowest BCUT2D eigenvalue weighted by Crippen LogP contribution is -2.47. The average Bonchev–Trinajstić information content (AvgIpc) is 3.28. The molecule has 1 saturated heterocycles. The molecule has 1 saturated carbocycles. The molecule has 1 aliphatic heterocycles. The van der Waals surface area contributed by atoms with Gasteiger partial charge < -0.3 is 10.6 Å². The van der Waals surface area contributed by atoms with Gasteiger partial charge in [-0.3, -0.25) is 14.5 Å². The zero-order valence-electron chi connectivity index (χ0n) is 14.5. The van der Waals surface area contributed by atoms with Crippen molar-refractivity contribution in [3.05, 3.63) is 35.9 Å². The molecule has 1 aromatic rings. The Morgan fingerprint density at radius 3 is 2.58 bits per heavy atom. The second-order valence-electron chi connectivity index (χ2n) is 7.19. The minimum atomic E-state index is -0.800. The summed E-state index contributed by atoms with van der Waals surface area (Å²) in [5.74, 6) is 0.193. The monoisotopic (exact) mass is 329 g/mol. The molecule has 2 fully saturated rings. The van der Waals surface area contributed by atoms with E-state index < -0.39 is 5.41 Å². The normalized spacial score (nSPS) is 23.5. The first-order valence-electron chi connectivity index (χ1n) is 8.84. The largest absolute Gasteiger partial charge is 0.358 e. The first-order valence-corrected chi connectivity index (χ1v) is 8.84. The summed E-state index contributed by atoms with van der Waals surface area (Å²) in [7, 11) is 1.59. The number of nitrogens with one attached hydrogen (secondary N) is 2. The summed E-state index contributed by atoms with van der Waals surface area (Å²) in [4.78, 5) is 26.8. The molecule has 24 heavy (non-hydrogen) atoms. The summed E-state index contributed by atoms with van der Waals surface area (Å²) in [5.41, 5.74) is 0.525. The molecular weight excluding hydrogens is 302 g/mol. The predicted octanol–water partition coefficient (Wildman–Crippen LogP) is 1.54. The standard InChI is InChI=1S/C19H27N3O2/c1-14(21-18(24)19(9-10-19)17(23)20-2)16-8-11-22(13-16)12-15-6-4-3-5-7-15/h3-7,14,16H,8-13H2,1-2H3,(H,20,23)(H,21,24). The van der Waals surface area contributed by atoms with Gasteiger partial charge in [-0.05, 0) is 44.2 Å². The number of hydrogen-bond acceptors (Lipinski definition) is 3. The fourth-order valence-electron chi connectivity index (χ4n) is 3.64. The minimum absolute atomic E-state index is 0.0976. The predicted molar refractivity (Wildman–Crippen MR) is 93.2 cm³/mol. The number of amides is 2. The molecule has 0 spiro atoms. The molecular formula is C19H27N3O2. The molecule has 0 radical (unpaired) electrons. The fraction of sp³-hybridized carbons (Fsp3) is 0.579. The maximum Gasteiger partial charge on any atom is 0.235 e. The van der Waals surface area contributed by atoms with Crippen LogP contribution in [0.1, 0.15) is 31.7 Å². The van der Waals surface area contributed by atoms with Crippen LogP contribution in [0.5, 0.6) is 0 Å². The third kappa shape index (κ3) is 3.46. The van der Waals surface area contributed by atoms with Crippen molar-refractivity contribution < 1.29 is 9.59 Å². The SMILES string of the molecule is CNC(=O)C1(C(=O)NC(C)C2CCN(Cc3ccccc3)C2)CC1. The van der Waals surface area contributed by atoms with Gasteiger partial charge in [0.25, 0.3) is 0 Å². The van der Waals surface area contributed by atoms with E-state index in [1.165, 1.54) is 5.56 Å². The Hall–Kier alpha value is -1.88. The minimum Gasteiger partial charge on any atom is -0.358 e. The highest BCUT2D eigenvalue weighted by atomic mass is 16.2. The Labute approximate surface area is 143 Å². The first-order chi connectivity index (χ1) is 11.5. The van der Waals surface area contributed by atoms with Crippen LogP contribution in [0.25, 0.3) is 0 Å². The van der Waals surface area contributed by atoms with E-state index in [-0.39, 0.29) is 17.9 Å². The van der Waals surface area contributed by atoms with Gasteiger partial charge in [0.15, 0.2) is 0 Å². The molecule has 3 rings (SSSR count). The van der Waals surface area contributed by atoms with Gasteiger partial charge in [0.1, 0.15) is 5.41 Å². The van der Waals surface area contributed by atoms with Crippen LogP contribution in [0.4, 0.5) is 0 Å². The van der Waals surface area contributed by atoms with Crippen molar-refractivity contribution in [3.8, 4) is 0 Å². The number of hydrogen-bond donors (Lipinski definition) is 2. The molecule has 130 valence electrons. The summed E-state index contributed by atoms with van der Waals surface area (Å²) in [6.07, 6.45) is 2.41. The lowest BCUT2D eigenvalue weighted by atomic mass is 9.98. The van der Waals surface area contributed by atoms with Crippen molar-refractivity contribution in [2.75, 3.05) is 20.1 Å². The van der Waals surface area contributed by atoms with Gasteiger partial charge in [0.2, 0.25) is 11.8 Å². The zero-order chi connectivity index (χ0) is 17.2. The van der Waals surface area contributed by atoms with Crippen molar-refractivity contribution in [2.45, 2.75) is 38.8 Å². The van der Waals surface area contributed by atoms with Gasteiger partial charge in [0, 0.05) is 26.2 Å². The molecule has 1 aliphatic carbocycles. The van der Waals surface area contributed by atoms with Crippen LogP contribution in [0.2, 0.25) is 0 Å². The third-order valence-electron chi connectivity index (χ3n) is 5.47. The lowest BCUT2D eigenvalue weighted by Gasteiger charge is -2.24. The molecule has 5 nitrogen and oxygen atoms in total. The second kappa shape index (κ2) is 6.93. The van der Waals surface area contributed by atoms with Crippen LogP contribution >= 0.6 is 0 Å². The van der Waals surface area contributed by atoms with Crippen LogP contribution in [-0.4, -0.2) is 42.9 Å². The van der Waals surface area contributed by atoms with Crippen LogP contribution < -0.4 is 10.6 Å². The average molecular weight is 329 g/mol. The van der Waals surface area contributed by atoms with E-state index in [4.69, 9.17) is 0 Å². The van der Waals surface area contributed by atoms with Crippen molar-refractivity contribution in [1.82, 2.24) is 15.5 Å². The molecule has 5 heteroatoms. The second-order valence-corrected chi connectivity index (χ2v) is 7.19. The highest BCUT2D eigenvalue weighted by Crippen LogP contribution is 2.46.